The number of benzene rings is 1. The van der Waals surface area contributed by atoms with Crippen molar-refractivity contribution in [2.45, 2.75) is 6.92 Å². The Labute approximate surface area is 126 Å². The van der Waals surface area contributed by atoms with Crippen LogP contribution in [0.1, 0.15) is 15.9 Å². The van der Waals surface area contributed by atoms with Crippen LogP contribution in [-0.2, 0) is 9.47 Å². The topological polar surface area (TPSA) is 48.0 Å². The fraction of sp³-hybridized carbons (Fsp3) is 0.562. The Hall–Kier alpha value is -1.43. The van der Waals surface area contributed by atoms with E-state index in [0.717, 1.165) is 5.56 Å². The van der Waals surface area contributed by atoms with Gasteiger partial charge < -0.3 is 14.2 Å². The molecule has 0 aliphatic heterocycles. The lowest BCUT2D eigenvalue weighted by molar-refractivity contribution is 0.0834. The molecule has 0 aromatic heterocycles. The van der Waals surface area contributed by atoms with Crippen LogP contribution in [0.15, 0.2) is 18.2 Å². The molecule has 0 aliphatic carbocycles. The number of aryl methyl sites for hydroxylation is 1. The minimum Gasteiger partial charge on any atom is -0.496 e. The molecule has 0 N–H and O–H groups in total. The van der Waals surface area contributed by atoms with Crippen molar-refractivity contribution < 1.29 is 19.0 Å². The molecule has 0 bridgehead atoms. The number of Topliss-reactive ketones (excluding diaryl/α,β-unsaturated/α-hetero) is 1. The summed E-state index contributed by atoms with van der Waals surface area (Å²) in [5, 5.41) is 0. The van der Waals surface area contributed by atoms with Crippen molar-refractivity contribution >= 4 is 5.78 Å². The van der Waals surface area contributed by atoms with E-state index in [4.69, 9.17) is 14.2 Å². The van der Waals surface area contributed by atoms with Crippen LogP contribution in [0.5, 0.6) is 5.75 Å². The molecule has 0 saturated heterocycles. The normalized spacial score (nSPS) is 10.9. The average molecular weight is 295 g/mol. The summed E-state index contributed by atoms with van der Waals surface area (Å²) in [6.45, 7) is 4.86. The van der Waals surface area contributed by atoms with Crippen molar-refractivity contribution in [3.63, 3.8) is 0 Å². The van der Waals surface area contributed by atoms with Crippen LogP contribution in [0.25, 0.3) is 0 Å². The van der Waals surface area contributed by atoms with Gasteiger partial charge in [-0.2, -0.15) is 0 Å². The molecule has 0 fully saturated rings. The van der Waals surface area contributed by atoms with E-state index in [-0.39, 0.29) is 5.78 Å². The standard InChI is InChI=1S/C16H25NO4/c1-13-5-6-14(16(11-13)21-4)15(18)12-17(7-9-19-2)8-10-20-3/h5-6,11H,7-10,12H2,1-4H3. The number of methoxy groups -OCH3 is 3. The van der Waals surface area contributed by atoms with E-state index in [1.54, 1.807) is 21.3 Å². The fourth-order valence-corrected chi connectivity index (χ4v) is 2.03. The molecular formula is C16H25NO4. The van der Waals surface area contributed by atoms with Gasteiger partial charge in [0.25, 0.3) is 0 Å². The van der Waals surface area contributed by atoms with Crippen LogP contribution in [0.2, 0.25) is 0 Å². The summed E-state index contributed by atoms with van der Waals surface area (Å²) in [6.07, 6.45) is 0. The summed E-state index contributed by atoms with van der Waals surface area (Å²) >= 11 is 0. The van der Waals surface area contributed by atoms with Gasteiger partial charge in [-0.25, -0.2) is 0 Å². The molecule has 0 saturated carbocycles. The Morgan fingerprint density at radius 1 is 1.10 bits per heavy atom. The van der Waals surface area contributed by atoms with E-state index in [1.165, 1.54) is 0 Å². The number of hydrogen-bond acceptors (Lipinski definition) is 5. The summed E-state index contributed by atoms with van der Waals surface area (Å²) < 4.78 is 15.5. The van der Waals surface area contributed by atoms with E-state index in [1.807, 2.05) is 30.0 Å². The highest BCUT2D eigenvalue weighted by Crippen LogP contribution is 2.20. The SMILES string of the molecule is COCCN(CCOC)CC(=O)c1ccc(C)cc1OC. The predicted octanol–water partition coefficient (Wildman–Crippen LogP) is 1.78. The van der Waals surface area contributed by atoms with Crippen LogP contribution < -0.4 is 4.74 Å². The molecule has 0 heterocycles. The first-order valence-electron chi connectivity index (χ1n) is 7.00. The molecule has 0 amide bonds. The quantitative estimate of drug-likeness (QED) is 0.616. The zero-order chi connectivity index (χ0) is 15.7. The number of carbonyl (C=O) groups is 1. The van der Waals surface area contributed by atoms with Crippen molar-refractivity contribution in [2.24, 2.45) is 0 Å². The Balaban J connectivity index is 2.75. The highest BCUT2D eigenvalue weighted by molar-refractivity contribution is 6.00. The van der Waals surface area contributed by atoms with Gasteiger partial charge >= 0.3 is 0 Å². The van der Waals surface area contributed by atoms with Gasteiger partial charge in [-0.15, -0.1) is 0 Å². The Morgan fingerprint density at radius 2 is 1.71 bits per heavy atom. The van der Waals surface area contributed by atoms with E-state index in [0.29, 0.717) is 44.2 Å². The fourth-order valence-electron chi connectivity index (χ4n) is 2.03. The lowest BCUT2D eigenvalue weighted by Gasteiger charge is -2.21. The van der Waals surface area contributed by atoms with Gasteiger partial charge in [0.2, 0.25) is 0 Å². The zero-order valence-electron chi connectivity index (χ0n) is 13.3. The van der Waals surface area contributed by atoms with Gasteiger partial charge in [0.05, 0.1) is 32.4 Å². The lowest BCUT2D eigenvalue weighted by Crippen LogP contribution is -2.35. The van der Waals surface area contributed by atoms with E-state index in [9.17, 15) is 4.79 Å². The van der Waals surface area contributed by atoms with Crippen molar-refractivity contribution in [3.05, 3.63) is 29.3 Å². The molecule has 118 valence electrons. The first-order chi connectivity index (χ1) is 10.1. The molecule has 5 heteroatoms. The largest absolute Gasteiger partial charge is 0.496 e. The molecule has 0 spiro atoms. The number of carbonyl (C=O) groups excluding carboxylic acids is 1. The number of hydrogen-bond donors (Lipinski definition) is 0. The Morgan fingerprint density at radius 3 is 2.24 bits per heavy atom. The second-order valence-corrected chi connectivity index (χ2v) is 4.89. The monoisotopic (exact) mass is 295 g/mol. The van der Waals surface area contributed by atoms with Crippen LogP contribution in [0, 0.1) is 6.92 Å². The van der Waals surface area contributed by atoms with Crippen molar-refractivity contribution in [1.29, 1.82) is 0 Å². The number of ether oxygens (including phenoxy) is 3. The maximum Gasteiger partial charge on any atom is 0.180 e. The first kappa shape index (κ1) is 17.6. The molecule has 0 radical (unpaired) electrons. The molecular weight excluding hydrogens is 270 g/mol. The molecule has 21 heavy (non-hydrogen) atoms. The summed E-state index contributed by atoms with van der Waals surface area (Å²) in [5.41, 5.74) is 1.68. The summed E-state index contributed by atoms with van der Waals surface area (Å²) in [5.74, 6) is 0.664. The van der Waals surface area contributed by atoms with E-state index < -0.39 is 0 Å². The second-order valence-electron chi connectivity index (χ2n) is 4.89. The molecule has 1 rings (SSSR count). The maximum absolute atomic E-state index is 12.5. The van der Waals surface area contributed by atoms with Crippen LogP contribution in [0.4, 0.5) is 0 Å². The third-order valence-corrected chi connectivity index (χ3v) is 3.25. The Bertz CT molecular complexity index is 440. The van der Waals surface area contributed by atoms with Gasteiger partial charge in [0, 0.05) is 27.3 Å². The number of nitrogens with zero attached hydrogens (tertiary/aromatic N) is 1. The third kappa shape index (κ3) is 5.83. The molecule has 0 unspecified atom stereocenters. The van der Waals surface area contributed by atoms with Gasteiger partial charge in [-0.05, 0) is 24.6 Å². The summed E-state index contributed by atoms with van der Waals surface area (Å²) in [7, 11) is 4.89. The Kier molecular flexibility index (Phi) is 7.97. The van der Waals surface area contributed by atoms with Gasteiger partial charge in [0.15, 0.2) is 5.78 Å². The van der Waals surface area contributed by atoms with Crippen molar-refractivity contribution in [1.82, 2.24) is 4.90 Å². The molecule has 1 aromatic carbocycles. The molecule has 5 nitrogen and oxygen atoms in total. The minimum atomic E-state index is 0.0408. The molecule has 0 aliphatic rings. The number of ketones is 1. The highest BCUT2D eigenvalue weighted by Gasteiger charge is 2.16. The van der Waals surface area contributed by atoms with E-state index >= 15 is 0 Å². The highest BCUT2D eigenvalue weighted by atomic mass is 16.5. The molecule has 0 atom stereocenters. The van der Waals surface area contributed by atoms with Crippen LogP contribution in [0.3, 0.4) is 0 Å². The van der Waals surface area contributed by atoms with Crippen LogP contribution in [-0.4, -0.2) is 64.9 Å². The summed E-state index contributed by atoms with van der Waals surface area (Å²) in [4.78, 5) is 14.5. The third-order valence-electron chi connectivity index (χ3n) is 3.25. The maximum atomic E-state index is 12.5. The smallest absolute Gasteiger partial charge is 0.180 e. The lowest BCUT2D eigenvalue weighted by atomic mass is 10.1. The summed E-state index contributed by atoms with van der Waals surface area (Å²) in [6, 6.07) is 5.62. The second kappa shape index (κ2) is 9.50. The van der Waals surface area contributed by atoms with Crippen molar-refractivity contribution in [2.75, 3.05) is 54.2 Å². The van der Waals surface area contributed by atoms with E-state index in [2.05, 4.69) is 0 Å². The van der Waals surface area contributed by atoms with Gasteiger partial charge in [0.1, 0.15) is 5.75 Å². The van der Waals surface area contributed by atoms with Gasteiger partial charge in [-0.3, -0.25) is 9.69 Å². The minimum absolute atomic E-state index is 0.0408. The molecule has 1 aromatic rings. The average Bonchev–Trinajstić information content (AvgIpc) is 2.49. The van der Waals surface area contributed by atoms with Gasteiger partial charge in [-0.1, -0.05) is 6.07 Å². The zero-order valence-corrected chi connectivity index (χ0v) is 13.3. The first-order valence-corrected chi connectivity index (χ1v) is 7.00. The predicted molar refractivity (Wildman–Crippen MR) is 82.3 cm³/mol. The van der Waals surface area contributed by atoms with Crippen LogP contribution >= 0.6 is 0 Å². The number of rotatable bonds is 10. The van der Waals surface area contributed by atoms with Crippen molar-refractivity contribution in [3.8, 4) is 5.75 Å².